The summed E-state index contributed by atoms with van der Waals surface area (Å²) in [5.74, 6) is -4.12. The van der Waals surface area contributed by atoms with Crippen LogP contribution in [0.3, 0.4) is 0 Å². The van der Waals surface area contributed by atoms with Crippen LogP contribution in [0.15, 0.2) is 85.7 Å². The van der Waals surface area contributed by atoms with Gasteiger partial charge in [0.05, 0.1) is 11.4 Å². The Morgan fingerprint density at radius 2 is 1.57 bits per heavy atom. The topological polar surface area (TPSA) is 235 Å². The Morgan fingerprint density at radius 1 is 0.867 bits per heavy atom. The van der Waals surface area contributed by atoms with E-state index in [1.165, 1.54) is 10.0 Å². The van der Waals surface area contributed by atoms with Crippen molar-refractivity contribution in [1.29, 1.82) is 0 Å². The summed E-state index contributed by atoms with van der Waals surface area (Å²) in [6, 6.07) is 12.5. The fourth-order valence-electron chi connectivity index (χ4n) is 10.6. The van der Waals surface area contributed by atoms with Gasteiger partial charge in [0.25, 0.3) is 11.8 Å². The monoisotopic (exact) mass is 1140 g/mol. The van der Waals surface area contributed by atoms with Crippen molar-refractivity contribution in [2.24, 2.45) is 35.5 Å². The molecule has 446 valence electrons. The van der Waals surface area contributed by atoms with E-state index in [0.717, 1.165) is 38.4 Å². The summed E-state index contributed by atoms with van der Waals surface area (Å²) in [5, 5.41) is 12.2. The Morgan fingerprint density at radius 3 is 2.24 bits per heavy atom. The summed E-state index contributed by atoms with van der Waals surface area (Å²) in [6.45, 7) is 24.8. The number of pyridine rings is 2. The molecule has 2 saturated heterocycles. The van der Waals surface area contributed by atoms with E-state index in [-0.39, 0.29) is 71.7 Å². The first kappa shape index (κ1) is 64.7. The van der Waals surface area contributed by atoms with Gasteiger partial charge in [-0.05, 0) is 143 Å². The van der Waals surface area contributed by atoms with E-state index in [1.807, 2.05) is 135 Å². The molecule has 0 spiro atoms. The van der Waals surface area contributed by atoms with E-state index >= 15 is 0 Å². The number of hydrogen-bond donors (Lipinski definition) is 4. The first-order chi connectivity index (χ1) is 39.5. The number of allylic oxidation sites excluding steroid dienone is 3. The molecule has 10 atom stereocenters. The second-order valence-electron chi connectivity index (χ2n) is 22.8. The maximum atomic E-state index is 13.3. The van der Waals surface area contributed by atoms with Crippen LogP contribution in [0, 0.1) is 35.5 Å². The van der Waals surface area contributed by atoms with Gasteiger partial charge in [-0.1, -0.05) is 90.6 Å². The fourth-order valence-corrected chi connectivity index (χ4v) is 10.6. The number of ketones is 2. The standard InChI is InChI=1S/C34H46N4O5.C31H40N4O5/c1-8-12-24(9-2)31(39)19-29(21(4)5)32(40)36-22(6)33(41)38-16-11-13-30(37-38)34(42)43-23(7)25-14-15-26-20-35-28(10-3)18-27(26)17-25;1-6-21-11-12-25-15-24-14-22(9-10-23(24)17-32-25)20(5)40-31(39)27-8-7-13-35(34-27)30(38)19(4)33-29(37)26(18(2)3)16-28(21)36/h8,10,12,14-15,17-18,20-24,29-30,37H,3,9,11,13,16,19H2,1-2,4-7H3,(H,36,40);9-12,14-15,17-21,26-27,34H,6-8,13,16H2,1-5H3,(H,33,37)/b12-8+;12-11+/t22-,23+,24+,29-,30-;19-,20+,21+,26-,27-/m00/s1. The molecule has 83 heavy (non-hydrogen) atoms. The Labute approximate surface area is 489 Å². The van der Waals surface area contributed by atoms with Crippen molar-refractivity contribution >= 4 is 80.8 Å². The fraction of sp³-hybridized carbons (Fsp3) is 0.508. The lowest BCUT2D eigenvalue weighted by Gasteiger charge is -2.35. The van der Waals surface area contributed by atoms with Crippen LogP contribution in [-0.4, -0.2) is 104 Å². The van der Waals surface area contributed by atoms with Crippen LogP contribution in [0.1, 0.15) is 162 Å². The number of nitrogens with one attached hydrogen (secondary N) is 4. The Hall–Kier alpha value is -7.44. The average Bonchev–Trinajstić information content (AvgIpc) is 3.49. The molecule has 0 radical (unpaired) electrons. The molecule has 2 aromatic carbocycles. The number of carbonyl (C=O) groups is 8. The number of hydrogen-bond acceptors (Lipinski definition) is 14. The lowest BCUT2D eigenvalue weighted by atomic mass is 9.85. The minimum atomic E-state index is -0.838. The van der Waals surface area contributed by atoms with Gasteiger partial charge in [0.1, 0.15) is 47.9 Å². The SMILES string of the molecule is C=Cc1cc2cc([C@@H](C)OC(=O)[C@@H]3CCCN(C(=O)[C@H](C)NC(=O)[C@@H](CC(=O)[C@@H](/C=C/C)CC)C(C)C)N3)ccc2cn1.CC[C@@H]1/C=C/c2cc3cc(ccc3cn2)[C@@H](C)OC(=O)[C@@H]2CCCN(N2)C(=O)[C@H](C)NC(=O)[C@H](C(C)C)CC1=O. The van der Waals surface area contributed by atoms with Crippen LogP contribution in [0.5, 0.6) is 0 Å². The molecule has 18 nitrogen and oxygen atoms in total. The van der Waals surface area contributed by atoms with Crippen LogP contribution in [0.4, 0.5) is 0 Å². The highest BCUT2D eigenvalue weighted by atomic mass is 16.5. The van der Waals surface area contributed by atoms with E-state index in [9.17, 15) is 38.4 Å². The number of fused-ring (bicyclic) bond motifs is 5. The number of hydrazine groups is 2. The summed E-state index contributed by atoms with van der Waals surface area (Å²) in [4.78, 5) is 114. The summed E-state index contributed by atoms with van der Waals surface area (Å²) in [5.41, 5.74) is 9.17. The molecule has 5 heterocycles. The number of ether oxygens (including phenoxy) is 2. The van der Waals surface area contributed by atoms with Gasteiger partial charge in [-0.25, -0.2) is 10.9 Å². The van der Waals surface area contributed by atoms with Crippen LogP contribution >= 0.6 is 0 Å². The minimum Gasteiger partial charge on any atom is -0.457 e. The van der Waals surface area contributed by atoms with Crippen LogP contribution in [0.2, 0.25) is 0 Å². The molecule has 0 aliphatic carbocycles. The molecule has 2 aromatic heterocycles. The van der Waals surface area contributed by atoms with E-state index in [2.05, 4.69) is 38.0 Å². The Balaban J connectivity index is 0.000000267. The number of amides is 4. The zero-order chi connectivity index (χ0) is 60.7. The Kier molecular flexibility index (Phi) is 23.6. The quantitative estimate of drug-likeness (QED) is 0.0641. The number of Topliss-reactive ketones (excluding diaryl/α,β-unsaturated/α-hetero) is 2. The van der Waals surface area contributed by atoms with Crippen molar-refractivity contribution in [2.45, 2.75) is 164 Å². The summed E-state index contributed by atoms with van der Waals surface area (Å²) >= 11 is 0. The van der Waals surface area contributed by atoms with E-state index in [0.29, 0.717) is 57.3 Å². The molecule has 5 bridgehead atoms. The van der Waals surface area contributed by atoms with Crippen molar-refractivity contribution in [3.05, 3.63) is 108 Å². The van der Waals surface area contributed by atoms with Gasteiger partial charge in [-0.15, -0.1) is 0 Å². The van der Waals surface area contributed by atoms with Crippen molar-refractivity contribution < 1.29 is 47.8 Å². The Bertz CT molecular complexity index is 3060. The van der Waals surface area contributed by atoms with E-state index in [4.69, 9.17) is 9.47 Å². The first-order valence-electron chi connectivity index (χ1n) is 29.5. The molecule has 0 saturated carbocycles. The number of rotatable bonds is 15. The molecule has 7 rings (SSSR count). The van der Waals surface area contributed by atoms with Gasteiger partial charge in [-0.2, -0.15) is 0 Å². The zero-order valence-corrected chi connectivity index (χ0v) is 50.2. The number of aromatic nitrogens is 2. The van der Waals surface area contributed by atoms with Crippen molar-refractivity contribution in [3.8, 4) is 0 Å². The van der Waals surface area contributed by atoms with Gasteiger partial charge in [-0.3, -0.25) is 58.3 Å². The normalized spacial score (nSPS) is 22.9. The summed E-state index contributed by atoms with van der Waals surface area (Å²) in [6.07, 6.45) is 15.4. The summed E-state index contributed by atoms with van der Waals surface area (Å²) in [7, 11) is 0. The van der Waals surface area contributed by atoms with Crippen LogP contribution in [0.25, 0.3) is 33.7 Å². The predicted octanol–water partition coefficient (Wildman–Crippen LogP) is 9.44. The number of carbonyl (C=O) groups excluding carboxylic acids is 8. The molecule has 18 heteroatoms. The third-order valence-electron chi connectivity index (χ3n) is 16.0. The molecule has 2 fully saturated rings. The highest BCUT2D eigenvalue weighted by Gasteiger charge is 2.37. The van der Waals surface area contributed by atoms with Gasteiger partial charge < -0.3 is 20.1 Å². The number of esters is 2. The maximum Gasteiger partial charge on any atom is 0.325 e. The third kappa shape index (κ3) is 17.3. The van der Waals surface area contributed by atoms with Crippen molar-refractivity contribution in [1.82, 2.24) is 41.5 Å². The second kappa shape index (κ2) is 30.2. The van der Waals surface area contributed by atoms with Crippen LogP contribution < -0.4 is 21.5 Å². The van der Waals surface area contributed by atoms with Gasteiger partial charge >= 0.3 is 11.9 Å². The third-order valence-corrected chi connectivity index (χ3v) is 16.0. The van der Waals surface area contributed by atoms with Gasteiger partial charge in [0.2, 0.25) is 11.8 Å². The summed E-state index contributed by atoms with van der Waals surface area (Å²) < 4.78 is 11.6. The molecule has 3 aliphatic heterocycles. The average molecular weight is 1140 g/mol. The zero-order valence-electron chi connectivity index (χ0n) is 50.2. The molecular weight excluding hydrogens is 1050 g/mol. The number of cyclic esters (lactones) is 1. The van der Waals surface area contributed by atoms with E-state index in [1.54, 1.807) is 32.3 Å². The smallest absolute Gasteiger partial charge is 0.325 e. The van der Waals surface area contributed by atoms with Crippen molar-refractivity contribution in [2.75, 3.05) is 13.1 Å². The highest BCUT2D eigenvalue weighted by molar-refractivity contribution is 5.94. The predicted molar refractivity (Wildman–Crippen MR) is 321 cm³/mol. The van der Waals surface area contributed by atoms with Crippen LogP contribution in [-0.2, 0) is 47.8 Å². The van der Waals surface area contributed by atoms with E-state index < -0.39 is 60.1 Å². The minimum absolute atomic E-state index is 0.0175. The van der Waals surface area contributed by atoms with Gasteiger partial charge in [0.15, 0.2) is 0 Å². The number of benzene rings is 2. The number of nitrogens with zero attached hydrogens (tertiary/aromatic N) is 4. The van der Waals surface area contributed by atoms with Crippen molar-refractivity contribution in [3.63, 3.8) is 0 Å². The molecule has 4 N–H and O–H groups in total. The molecule has 3 aliphatic rings. The highest BCUT2D eigenvalue weighted by Crippen LogP contribution is 2.28. The lowest BCUT2D eigenvalue weighted by molar-refractivity contribution is -0.158. The molecule has 0 unspecified atom stereocenters. The maximum absolute atomic E-state index is 13.3. The molecule has 4 amide bonds. The lowest BCUT2D eigenvalue weighted by Crippen LogP contribution is -2.59. The second-order valence-corrected chi connectivity index (χ2v) is 22.8. The van der Waals surface area contributed by atoms with Gasteiger partial charge in [0, 0.05) is 72.8 Å². The first-order valence-corrected chi connectivity index (χ1v) is 29.5. The molecular formula is C65H86N8O10. The largest absolute Gasteiger partial charge is 0.457 e. The molecule has 4 aromatic rings.